The Kier molecular flexibility index (Phi) is 6.14. The smallest absolute Gasteiger partial charge is 0.417 e. The summed E-state index contributed by atoms with van der Waals surface area (Å²) in [6, 6.07) is 12.1. The number of halogens is 1. The van der Waals surface area contributed by atoms with E-state index in [1.165, 1.54) is 0 Å². The molecule has 0 saturated carbocycles. The van der Waals surface area contributed by atoms with Crippen molar-refractivity contribution in [2.24, 2.45) is 0 Å². The minimum absolute atomic E-state index is 0.0422. The highest BCUT2D eigenvalue weighted by molar-refractivity contribution is 9.10. The number of nitrogens with one attached hydrogen (secondary N) is 1. The lowest BCUT2D eigenvalue weighted by molar-refractivity contribution is -0.131. The van der Waals surface area contributed by atoms with Gasteiger partial charge in [0.25, 0.3) is 0 Å². The minimum Gasteiger partial charge on any atom is -0.444 e. The van der Waals surface area contributed by atoms with Crippen LogP contribution in [0.15, 0.2) is 46.9 Å². The third-order valence-electron chi connectivity index (χ3n) is 4.76. The quantitative estimate of drug-likeness (QED) is 0.760. The zero-order valence-electron chi connectivity index (χ0n) is 15.7. The average Bonchev–Trinajstić information content (AvgIpc) is 3.06. The molecule has 0 bridgehead atoms. The maximum absolute atomic E-state index is 12.8. The van der Waals surface area contributed by atoms with Gasteiger partial charge in [-0.15, -0.1) is 0 Å². The summed E-state index contributed by atoms with van der Waals surface area (Å²) in [6.07, 6.45) is -0.397. The second kappa shape index (κ2) is 8.56. The monoisotopic (exact) mass is 444 g/mol. The van der Waals surface area contributed by atoms with Crippen LogP contribution in [-0.4, -0.2) is 28.8 Å². The Hall–Kier alpha value is -2.67. The normalized spacial score (nSPS) is 16.2. The molecule has 2 aromatic rings. The van der Waals surface area contributed by atoms with Crippen LogP contribution in [0.5, 0.6) is 0 Å². The van der Waals surface area contributed by atoms with Crippen LogP contribution in [0.4, 0.5) is 10.5 Å². The summed E-state index contributed by atoms with van der Waals surface area (Å²) in [5.41, 5.74) is 3.53. The van der Waals surface area contributed by atoms with Crippen molar-refractivity contribution in [3.05, 3.63) is 63.6 Å². The van der Waals surface area contributed by atoms with Gasteiger partial charge in [-0.1, -0.05) is 30.3 Å². The van der Waals surface area contributed by atoms with Gasteiger partial charge in [-0.05, 0) is 65.0 Å². The Labute approximate surface area is 172 Å². The number of hydrogen-bond donors (Lipinski definition) is 1. The van der Waals surface area contributed by atoms with Crippen LogP contribution >= 0.6 is 15.9 Å². The first-order valence-electron chi connectivity index (χ1n) is 8.97. The van der Waals surface area contributed by atoms with Gasteiger partial charge in [0.2, 0.25) is 11.8 Å². The third kappa shape index (κ3) is 4.42. The topological polar surface area (TPSA) is 75.7 Å². The first-order valence-corrected chi connectivity index (χ1v) is 9.76. The minimum atomic E-state index is -0.885. The number of carbonyl (C=O) groups is 3. The molecule has 6 nitrogen and oxygen atoms in total. The molecule has 1 aliphatic heterocycles. The molecule has 7 heteroatoms. The maximum atomic E-state index is 12.8. The van der Waals surface area contributed by atoms with Gasteiger partial charge in [0.1, 0.15) is 12.6 Å². The van der Waals surface area contributed by atoms with E-state index in [2.05, 4.69) is 21.2 Å². The maximum Gasteiger partial charge on any atom is 0.417 e. The molecule has 0 unspecified atom stereocenters. The van der Waals surface area contributed by atoms with Crippen LogP contribution in [0.2, 0.25) is 0 Å². The first kappa shape index (κ1) is 20.1. The molecule has 0 aromatic heterocycles. The molecule has 28 heavy (non-hydrogen) atoms. The standard InChI is InChI=1S/C21H21BrN2O4/c1-13-10-16(22)17(11-14(13)2)23-20(26)18-8-9-19(25)24(18)21(27)28-12-15-6-4-3-5-7-15/h3-7,10-11,18H,8-9,12H2,1-2H3,(H,23,26)/t18-/m0/s1. The molecule has 3 amide bonds. The number of aryl methyl sites for hydroxylation is 2. The molecular weight excluding hydrogens is 424 g/mol. The van der Waals surface area contributed by atoms with E-state index in [4.69, 9.17) is 4.74 Å². The number of nitrogens with zero attached hydrogens (tertiary/aromatic N) is 1. The van der Waals surface area contributed by atoms with E-state index in [1.807, 2.05) is 56.3 Å². The molecule has 0 radical (unpaired) electrons. The number of anilines is 1. The van der Waals surface area contributed by atoms with Gasteiger partial charge < -0.3 is 10.1 Å². The molecule has 1 N–H and O–H groups in total. The van der Waals surface area contributed by atoms with Crippen LogP contribution in [-0.2, 0) is 20.9 Å². The van der Waals surface area contributed by atoms with Gasteiger partial charge >= 0.3 is 6.09 Å². The lowest BCUT2D eigenvalue weighted by Gasteiger charge is -2.22. The van der Waals surface area contributed by atoms with Crippen molar-refractivity contribution in [2.45, 2.75) is 39.3 Å². The number of hydrogen-bond acceptors (Lipinski definition) is 4. The summed E-state index contributed by atoms with van der Waals surface area (Å²) in [7, 11) is 0. The molecule has 1 saturated heterocycles. The van der Waals surface area contributed by atoms with Crippen molar-refractivity contribution in [3.8, 4) is 0 Å². The fourth-order valence-corrected chi connectivity index (χ4v) is 3.60. The number of likely N-dealkylation sites (tertiary alicyclic amines) is 1. The summed E-state index contributed by atoms with van der Waals surface area (Å²) in [6.45, 7) is 3.97. The average molecular weight is 445 g/mol. The van der Waals surface area contributed by atoms with Gasteiger partial charge in [0.15, 0.2) is 0 Å². The number of ether oxygens (including phenoxy) is 1. The van der Waals surface area contributed by atoms with Crippen LogP contribution in [0.3, 0.4) is 0 Å². The highest BCUT2D eigenvalue weighted by Gasteiger charge is 2.41. The summed E-state index contributed by atoms with van der Waals surface area (Å²) < 4.78 is 5.99. The number of benzene rings is 2. The van der Waals surface area contributed by atoms with Crippen molar-refractivity contribution >= 4 is 39.5 Å². The molecule has 2 aromatic carbocycles. The lowest BCUT2D eigenvalue weighted by Crippen LogP contribution is -2.45. The third-order valence-corrected chi connectivity index (χ3v) is 5.41. The molecule has 1 heterocycles. The highest BCUT2D eigenvalue weighted by Crippen LogP contribution is 2.28. The predicted molar refractivity (Wildman–Crippen MR) is 109 cm³/mol. The Bertz CT molecular complexity index is 914. The zero-order valence-corrected chi connectivity index (χ0v) is 17.3. The van der Waals surface area contributed by atoms with E-state index in [9.17, 15) is 14.4 Å². The van der Waals surface area contributed by atoms with Gasteiger partial charge in [0.05, 0.1) is 5.69 Å². The van der Waals surface area contributed by atoms with Gasteiger partial charge in [-0.2, -0.15) is 0 Å². The van der Waals surface area contributed by atoms with Crippen LogP contribution in [0, 0.1) is 13.8 Å². The van der Waals surface area contributed by atoms with Crippen LogP contribution < -0.4 is 5.32 Å². The lowest BCUT2D eigenvalue weighted by atomic mass is 10.1. The second-order valence-corrected chi connectivity index (χ2v) is 7.62. The Morgan fingerprint density at radius 2 is 1.86 bits per heavy atom. The van der Waals surface area contributed by atoms with Crippen molar-refractivity contribution in [3.63, 3.8) is 0 Å². The summed E-state index contributed by atoms with van der Waals surface area (Å²) in [4.78, 5) is 38.3. The Morgan fingerprint density at radius 1 is 1.18 bits per heavy atom. The summed E-state index contributed by atoms with van der Waals surface area (Å²) in [5, 5.41) is 2.81. The van der Waals surface area contributed by atoms with E-state index in [0.717, 1.165) is 26.1 Å². The van der Waals surface area contributed by atoms with Gasteiger partial charge in [-0.25, -0.2) is 9.69 Å². The van der Waals surface area contributed by atoms with Crippen molar-refractivity contribution in [1.82, 2.24) is 4.90 Å². The fourth-order valence-electron chi connectivity index (χ4n) is 3.04. The highest BCUT2D eigenvalue weighted by atomic mass is 79.9. The first-order chi connectivity index (χ1) is 13.4. The van der Waals surface area contributed by atoms with Crippen molar-refractivity contribution < 1.29 is 19.1 Å². The number of imide groups is 1. The summed E-state index contributed by atoms with van der Waals surface area (Å²) in [5.74, 6) is -0.816. The molecule has 0 spiro atoms. The molecule has 3 rings (SSSR count). The van der Waals surface area contributed by atoms with Crippen molar-refractivity contribution in [2.75, 3.05) is 5.32 Å². The Morgan fingerprint density at radius 3 is 2.57 bits per heavy atom. The number of amides is 3. The van der Waals surface area contributed by atoms with E-state index in [0.29, 0.717) is 5.69 Å². The van der Waals surface area contributed by atoms with Gasteiger partial charge in [0, 0.05) is 10.9 Å². The van der Waals surface area contributed by atoms with E-state index < -0.39 is 23.9 Å². The SMILES string of the molecule is Cc1cc(Br)c(NC(=O)[C@@H]2CCC(=O)N2C(=O)OCc2ccccc2)cc1C. The molecule has 1 aliphatic rings. The molecule has 0 aliphatic carbocycles. The molecule has 146 valence electrons. The molecule has 1 atom stereocenters. The van der Waals surface area contributed by atoms with E-state index >= 15 is 0 Å². The Balaban J connectivity index is 1.70. The number of rotatable bonds is 4. The largest absolute Gasteiger partial charge is 0.444 e. The molecular formula is C21H21BrN2O4. The predicted octanol–water partition coefficient (Wildman–Crippen LogP) is 4.33. The fraction of sp³-hybridized carbons (Fsp3) is 0.286. The summed E-state index contributed by atoms with van der Waals surface area (Å²) >= 11 is 3.44. The van der Waals surface area contributed by atoms with Crippen molar-refractivity contribution in [1.29, 1.82) is 0 Å². The molecule has 1 fully saturated rings. The second-order valence-electron chi connectivity index (χ2n) is 6.76. The number of carbonyl (C=O) groups excluding carboxylic acids is 3. The van der Waals surface area contributed by atoms with E-state index in [1.54, 1.807) is 0 Å². The van der Waals surface area contributed by atoms with Crippen LogP contribution in [0.25, 0.3) is 0 Å². The van der Waals surface area contributed by atoms with Crippen LogP contribution in [0.1, 0.15) is 29.5 Å². The zero-order chi connectivity index (χ0) is 20.3. The van der Waals surface area contributed by atoms with E-state index in [-0.39, 0.29) is 19.4 Å². The van der Waals surface area contributed by atoms with Gasteiger partial charge in [-0.3, -0.25) is 9.59 Å².